The molecule has 0 bridgehead atoms. The molecule has 1 saturated carbocycles. The van der Waals surface area contributed by atoms with Crippen molar-refractivity contribution in [2.45, 2.75) is 5.92 Å². The summed E-state index contributed by atoms with van der Waals surface area (Å²) in [7, 11) is 2.99. The van der Waals surface area contributed by atoms with Crippen molar-refractivity contribution in [3.63, 3.8) is 0 Å². The lowest BCUT2D eigenvalue weighted by atomic mass is 9.82. The molecule has 1 fully saturated rings. The first-order valence-corrected chi connectivity index (χ1v) is 10.9. The van der Waals surface area contributed by atoms with Gasteiger partial charge in [0, 0.05) is 11.5 Å². The van der Waals surface area contributed by atoms with Gasteiger partial charge in [-0.1, -0.05) is 91.0 Å². The molecule has 0 spiro atoms. The van der Waals surface area contributed by atoms with E-state index in [-0.39, 0.29) is 11.7 Å². The van der Waals surface area contributed by atoms with Gasteiger partial charge in [-0.05, 0) is 28.8 Å². The molecule has 4 heteroatoms. The van der Waals surface area contributed by atoms with Crippen LogP contribution in [0, 0.1) is 10.8 Å². The smallest absolute Gasteiger partial charge is 0.317 e. The lowest BCUT2D eigenvalue weighted by Crippen LogP contribution is -2.28. The summed E-state index contributed by atoms with van der Waals surface area (Å²) in [5, 5.41) is 0. The molecule has 3 aromatic rings. The molecule has 33 heavy (non-hydrogen) atoms. The number of carbonyl (C=O) groups is 2. The average Bonchev–Trinajstić information content (AvgIpc) is 3.38. The number of methoxy groups -OCH3 is 2. The quantitative estimate of drug-likeness (QED) is 0.380. The first kappa shape index (κ1) is 21.0. The van der Waals surface area contributed by atoms with E-state index < -0.39 is 16.8 Å². The summed E-state index contributed by atoms with van der Waals surface area (Å²) < 4.78 is 10.6. The molecule has 4 nitrogen and oxygen atoms in total. The van der Waals surface area contributed by atoms with Crippen LogP contribution in [0.4, 0.5) is 0 Å². The SMILES string of the molecule is COC(=O)[C@]12C=C/C(=C/c3ccccc3)[C@@]1(C(=O)c1ccccc1)[C@H]2c1ccc(OC)cc1. The Balaban J connectivity index is 1.74. The molecule has 164 valence electrons. The second-order valence-electron chi connectivity index (χ2n) is 8.41. The standard InChI is InChI=1S/C29H24O4/c1-32-24-15-13-21(14-16-24)25-28(27(31)33-2)18-17-23(19-20-9-5-3-6-10-20)29(25,28)26(30)22-11-7-4-8-12-22/h3-19,25H,1-2H3/b23-19-/t25-,28+,29-/m0/s1. The van der Waals surface area contributed by atoms with Crippen LogP contribution in [-0.2, 0) is 9.53 Å². The second-order valence-corrected chi connectivity index (χ2v) is 8.41. The van der Waals surface area contributed by atoms with Crippen LogP contribution < -0.4 is 4.74 Å². The monoisotopic (exact) mass is 436 g/mol. The van der Waals surface area contributed by atoms with Crippen molar-refractivity contribution in [2.24, 2.45) is 10.8 Å². The van der Waals surface area contributed by atoms with E-state index in [1.54, 1.807) is 19.2 Å². The van der Waals surface area contributed by atoms with Crippen molar-refractivity contribution in [2.75, 3.05) is 14.2 Å². The minimum Gasteiger partial charge on any atom is -0.497 e. The molecule has 0 unspecified atom stereocenters. The van der Waals surface area contributed by atoms with Crippen LogP contribution in [0.2, 0.25) is 0 Å². The van der Waals surface area contributed by atoms with E-state index in [0.717, 1.165) is 22.4 Å². The fraction of sp³-hybridized carbons (Fsp3) is 0.172. The van der Waals surface area contributed by atoms with E-state index in [2.05, 4.69) is 0 Å². The molecule has 2 aliphatic carbocycles. The third-order valence-corrected chi connectivity index (χ3v) is 6.93. The minimum absolute atomic E-state index is 0.0819. The van der Waals surface area contributed by atoms with Gasteiger partial charge in [-0.3, -0.25) is 9.59 Å². The van der Waals surface area contributed by atoms with Gasteiger partial charge in [0.1, 0.15) is 11.2 Å². The molecule has 0 heterocycles. The number of hydrogen-bond donors (Lipinski definition) is 0. The number of Topliss-reactive ketones (excluding diaryl/α,β-unsaturated/α-hetero) is 1. The topological polar surface area (TPSA) is 52.6 Å². The van der Waals surface area contributed by atoms with Crippen molar-refractivity contribution >= 4 is 17.8 Å². The first-order chi connectivity index (χ1) is 16.1. The molecule has 0 N–H and O–H groups in total. The Morgan fingerprint density at radius 1 is 0.848 bits per heavy atom. The summed E-state index contributed by atoms with van der Waals surface area (Å²) in [6.07, 6.45) is 5.78. The molecule has 0 amide bonds. The molecule has 0 aliphatic heterocycles. The molecule has 2 aliphatic rings. The van der Waals surface area contributed by atoms with Gasteiger partial charge in [0.05, 0.1) is 19.6 Å². The molecule has 3 aromatic carbocycles. The number of ether oxygens (including phenoxy) is 2. The number of fused-ring (bicyclic) bond motifs is 1. The van der Waals surface area contributed by atoms with E-state index in [9.17, 15) is 9.59 Å². The number of esters is 1. The van der Waals surface area contributed by atoms with Gasteiger partial charge in [-0.15, -0.1) is 0 Å². The maximum absolute atomic E-state index is 14.2. The second kappa shape index (κ2) is 7.89. The predicted octanol–water partition coefficient (Wildman–Crippen LogP) is 5.47. The highest BCUT2D eigenvalue weighted by atomic mass is 16.5. The number of benzene rings is 3. The lowest BCUT2D eigenvalue weighted by Gasteiger charge is -2.19. The van der Waals surface area contributed by atoms with Crippen LogP contribution in [0.25, 0.3) is 6.08 Å². The molecule has 0 aromatic heterocycles. The summed E-state index contributed by atoms with van der Waals surface area (Å²) >= 11 is 0. The van der Waals surface area contributed by atoms with Gasteiger partial charge < -0.3 is 9.47 Å². The van der Waals surface area contributed by atoms with Crippen molar-refractivity contribution in [3.8, 4) is 5.75 Å². The number of carbonyl (C=O) groups excluding carboxylic acids is 2. The Bertz CT molecular complexity index is 1260. The molecule has 3 atom stereocenters. The number of ketones is 1. The minimum atomic E-state index is -1.09. The maximum Gasteiger partial charge on any atom is 0.317 e. The lowest BCUT2D eigenvalue weighted by molar-refractivity contribution is -0.146. The highest BCUT2D eigenvalue weighted by Crippen LogP contribution is 2.82. The number of rotatable bonds is 6. The number of hydrogen-bond acceptors (Lipinski definition) is 4. The third-order valence-electron chi connectivity index (χ3n) is 6.93. The largest absolute Gasteiger partial charge is 0.497 e. The molecule has 0 saturated heterocycles. The summed E-state index contributed by atoms with van der Waals surface area (Å²) in [6.45, 7) is 0. The highest BCUT2D eigenvalue weighted by molar-refractivity contribution is 6.15. The molecule has 0 radical (unpaired) electrons. The van der Waals surface area contributed by atoms with Crippen LogP contribution in [0.5, 0.6) is 5.75 Å². The summed E-state index contributed by atoms with van der Waals surface area (Å²) in [4.78, 5) is 27.6. The van der Waals surface area contributed by atoms with E-state index in [1.165, 1.54) is 7.11 Å². The van der Waals surface area contributed by atoms with Crippen molar-refractivity contribution in [1.29, 1.82) is 0 Å². The summed E-state index contributed by atoms with van der Waals surface area (Å²) in [6, 6.07) is 26.6. The van der Waals surface area contributed by atoms with Gasteiger partial charge in [0.2, 0.25) is 0 Å². The summed E-state index contributed by atoms with van der Waals surface area (Å²) in [5.74, 6) is -0.145. The zero-order chi connectivity index (χ0) is 23.1. The predicted molar refractivity (Wildman–Crippen MR) is 127 cm³/mol. The van der Waals surface area contributed by atoms with Gasteiger partial charge in [-0.25, -0.2) is 0 Å². The molecule has 5 rings (SSSR count). The van der Waals surface area contributed by atoms with Gasteiger partial charge in [-0.2, -0.15) is 0 Å². The van der Waals surface area contributed by atoms with Crippen molar-refractivity contribution in [1.82, 2.24) is 0 Å². The average molecular weight is 437 g/mol. The van der Waals surface area contributed by atoms with Crippen molar-refractivity contribution < 1.29 is 19.1 Å². The third kappa shape index (κ3) is 2.91. The van der Waals surface area contributed by atoms with Gasteiger partial charge in [0.15, 0.2) is 5.78 Å². The van der Waals surface area contributed by atoms with Crippen LogP contribution >= 0.6 is 0 Å². The van der Waals surface area contributed by atoms with Crippen LogP contribution in [0.15, 0.2) is 103 Å². The molecular weight excluding hydrogens is 412 g/mol. The van der Waals surface area contributed by atoms with Crippen molar-refractivity contribution in [3.05, 3.63) is 119 Å². The number of allylic oxidation sites excluding steroid dienone is 2. The van der Waals surface area contributed by atoms with Crippen LogP contribution in [0.3, 0.4) is 0 Å². The van der Waals surface area contributed by atoms with E-state index in [1.807, 2.05) is 91.0 Å². The Morgan fingerprint density at radius 2 is 1.48 bits per heavy atom. The maximum atomic E-state index is 14.2. The fourth-order valence-corrected chi connectivity index (χ4v) is 5.47. The Hall–Kier alpha value is -3.92. The zero-order valence-corrected chi connectivity index (χ0v) is 18.5. The van der Waals surface area contributed by atoms with Gasteiger partial charge >= 0.3 is 5.97 Å². The molecular formula is C29H24O4. The van der Waals surface area contributed by atoms with E-state index >= 15 is 0 Å². The summed E-state index contributed by atoms with van der Waals surface area (Å²) in [5.41, 5.74) is 1.08. The Morgan fingerprint density at radius 3 is 2.09 bits per heavy atom. The Labute approximate surface area is 193 Å². The van der Waals surface area contributed by atoms with E-state index in [0.29, 0.717) is 5.56 Å². The van der Waals surface area contributed by atoms with Gasteiger partial charge in [0.25, 0.3) is 0 Å². The van der Waals surface area contributed by atoms with Crippen LogP contribution in [0.1, 0.15) is 27.4 Å². The first-order valence-electron chi connectivity index (χ1n) is 10.9. The van der Waals surface area contributed by atoms with Crippen LogP contribution in [-0.4, -0.2) is 26.0 Å². The zero-order valence-electron chi connectivity index (χ0n) is 18.5. The normalized spacial score (nSPS) is 26.0. The fourth-order valence-electron chi connectivity index (χ4n) is 5.47. The highest BCUT2D eigenvalue weighted by Gasteiger charge is 2.86. The van der Waals surface area contributed by atoms with E-state index in [4.69, 9.17) is 9.47 Å². The Kier molecular flexibility index (Phi) is 5.01.